The maximum Gasteiger partial charge on any atom is 0.264 e. The summed E-state index contributed by atoms with van der Waals surface area (Å²) in [6.45, 7) is 0. The molecule has 1 amide bonds. The fraction of sp³-hybridized carbons (Fsp3) is 0.0667. The van der Waals surface area contributed by atoms with E-state index in [0.29, 0.717) is 0 Å². The third-order valence-electron chi connectivity index (χ3n) is 3.13. The molecule has 112 valence electrons. The van der Waals surface area contributed by atoms with Crippen LogP contribution in [0.4, 0.5) is 5.69 Å². The zero-order valence-corrected chi connectivity index (χ0v) is 12.5. The summed E-state index contributed by atoms with van der Waals surface area (Å²) in [6, 6.07) is 13.7. The summed E-state index contributed by atoms with van der Waals surface area (Å²) < 4.78 is 26.3. The second-order valence-electron chi connectivity index (χ2n) is 4.49. The maximum absolute atomic E-state index is 12.6. The molecule has 2 aromatic carbocycles. The van der Waals surface area contributed by atoms with Gasteiger partial charge < -0.3 is 5.73 Å². The van der Waals surface area contributed by atoms with Gasteiger partial charge in [-0.2, -0.15) is 5.26 Å². The second kappa shape index (κ2) is 5.87. The minimum Gasteiger partial charge on any atom is -0.366 e. The summed E-state index contributed by atoms with van der Waals surface area (Å²) in [4.78, 5) is 11.4. The molecular formula is C15H13N3O3S. The van der Waals surface area contributed by atoms with Gasteiger partial charge in [0.25, 0.3) is 15.9 Å². The Morgan fingerprint density at radius 1 is 1.18 bits per heavy atom. The summed E-state index contributed by atoms with van der Waals surface area (Å²) in [5.74, 6) is -0.719. The maximum atomic E-state index is 12.6. The molecule has 0 aliphatic carbocycles. The molecule has 0 saturated heterocycles. The van der Waals surface area contributed by atoms with Gasteiger partial charge >= 0.3 is 0 Å². The predicted octanol–water partition coefficient (Wildman–Crippen LogP) is 1.48. The number of nitriles is 1. The predicted molar refractivity (Wildman–Crippen MR) is 81.7 cm³/mol. The van der Waals surface area contributed by atoms with Crippen LogP contribution in [0.3, 0.4) is 0 Å². The van der Waals surface area contributed by atoms with E-state index in [0.717, 1.165) is 4.31 Å². The molecule has 0 heterocycles. The molecule has 2 rings (SSSR count). The van der Waals surface area contributed by atoms with E-state index < -0.39 is 15.9 Å². The molecule has 0 spiro atoms. The number of hydrogen-bond acceptors (Lipinski definition) is 4. The second-order valence-corrected chi connectivity index (χ2v) is 6.46. The zero-order valence-electron chi connectivity index (χ0n) is 11.7. The molecule has 0 aliphatic rings. The van der Waals surface area contributed by atoms with Gasteiger partial charge in [0, 0.05) is 7.05 Å². The van der Waals surface area contributed by atoms with Crippen LogP contribution in [0.5, 0.6) is 0 Å². The number of anilines is 1. The highest BCUT2D eigenvalue weighted by molar-refractivity contribution is 7.92. The minimum absolute atomic E-state index is 0.0340. The van der Waals surface area contributed by atoms with Crippen molar-refractivity contribution >= 4 is 21.6 Å². The molecule has 2 N–H and O–H groups in total. The van der Waals surface area contributed by atoms with Gasteiger partial charge in [-0.3, -0.25) is 9.10 Å². The fourth-order valence-corrected chi connectivity index (χ4v) is 3.23. The first-order chi connectivity index (χ1) is 10.4. The first kappa shape index (κ1) is 15.5. The molecule has 7 heteroatoms. The number of rotatable bonds is 4. The van der Waals surface area contributed by atoms with Crippen LogP contribution in [0.15, 0.2) is 53.4 Å². The smallest absolute Gasteiger partial charge is 0.264 e. The third-order valence-corrected chi connectivity index (χ3v) is 4.90. The third kappa shape index (κ3) is 2.77. The number of carbonyl (C=O) groups excluding carboxylic acids is 1. The van der Waals surface area contributed by atoms with Crippen molar-refractivity contribution in [1.29, 1.82) is 5.26 Å². The molecule has 0 bridgehead atoms. The molecule has 22 heavy (non-hydrogen) atoms. The fourth-order valence-electron chi connectivity index (χ4n) is 1.97. The first-order valence-electron chi connectivity index (χ1n) is 6.26. The monoisotopic (exact) mass is 315 g/mol. The lowest BCUT2D eigenvalue weighted by molar-refractivity contribution is 0.100. The lowest BCUT2D eigenvalue weighted by Crippen LogP contribution is -2.29. The number of hydrogen-bond donors (Lipinski definition) is 1. The highest BCUT2D eigenvalue weighted by Gasteiger charge is 2.24. The number of para-hydroxylation sites is 1. The van der Waals surface area contributed by atoms with E-state index in [1.165, 1.54) is 43.4 Å². The van der Waals surface area contributed by atoms with Crippen LogP contribution in [-0.4, -0.2) is 21.4 Å². The van der Waals surface area contributed by atoms with E-state index in [1.807, 2.05) is 6.07 Å². The Labute approximate surface area is 128 Å². The molecule has 2 aromatic rings. The summed E-state index contributed by atoms with van der Waals surface area (Å²) in [6.07, 6.45) is 0. The van der Waals surface area contributed by atoms with Gasteiger partial charge in [0.05, 0.1) is 27.8 Å². The van der Waals surface area contributed by atoms with Crippen LogP contribution in [0.2, 0.25) is 0 Å². The van der Waals surface area contributed by atoms with Gasteiger partial charge in [-0.15, -0.1) is 0 Å². The molecular weight excluding hydrogens is 302 g/mol. The van der Waals surface area contributed by atoms with Gasteiger partial charge in [0.2, 0.25) is 0 Å². The molecule has 0 atom stereocenters. The Morgan fingerprint density at radius 2 is 1.86 bits per heavy atom. The number of nitrogens with zero attached hydrogens (tertiary/aromatic N) is 2. The highest BCUT2D eigenvalue weighted by atomic mass is 32.2. The highest BCUT2D eigenvalue weighted by Crippen LogP contribution is 2.25. The van der Waals surface area contributed by atoms with Gasteiger partial charge in [0.15, 0.2) is 0 Å². The van der Waals surface area contributed by atoms with Crippen molar-refractivity contribution in [1.82, 2.24) is 0 Å². The lowest BCUT2D eigenvalue weighted by atomic mass is 10.2. The number of benzene rings is 2. The quantitative estimate of drug-likeness (QED) is 0.922. The number of sulfonamides is 1. The zero-order chi connectivity index (χ0) is 16.3. The molecule has 0 radical (unpaired) electrons. The summed E-state index contributed by atoms with van der Waals surface area (Å²) in [7, 11) is -2.58. The Bertz CT molecular complexity index is 870. The molecule has 0 saturated carbocycles. The van der Waals surface area contributed by atoms with Gasteiger partial charge in [-0.25, -0.2) is 8.42 Å². The van der Waals surface area contributed by atoms with Crippen molar-refractivity contribution in [2.75, 3.05) is 11.4 Å². The lowest BCUT2D eigenvalue weighted by Gasteiger charge is -2.21. The van der Waals surface area contributed by atoms with Crippen molar-refractivity contribution < 1.29 is 13.2 Å². The average Bonchev–Trinajstić information content (AvgIpc) is 2.54. The normalized spacial score (nSPS) is 10.7. The molecule has 6 nitrogen and oxygen atoms in total. The Kier molecular flexibility index (Phi) is 4.15. The minimum atomic E-state index is -3.91. The van der Waals surface area contributed by atoms with E-state index in [2.05, 4.69) is 0 Å². The summed E-state index contributed by atoms with van der Waals surface area (Å²) in [5, 5.41) is 8.88. The van der Waals surface area contributed by atoms with E-state index in [-0.39, 0.29) is 21.7 Å². The molecule has 0 aromatic heterocycles. The SMILES string of the molecule is CN(c1ccccc1C(N)=O)S(=O)(=O)c1cccc(C#N)c1. The van der Waals surface area contributed by atoms with Gasteiger partial charge in [-0.05, 0) is 30.3 Å². The molecule has 0 aliphatic heterocycles. The van der Waals surface area contributed by atoms with E-state index >= 15 is 0 Å². The largest absolute Gasteiger partial charge is 0.366 e. The van der Waals surface area contributed by atoms with E-state index in [1.54, 1.807) is 12.1 Å². The van der Waals surface area contributed by atoms with Crippen LogP contribution >= 0.6 is 0 Å². The summed E-state index contributed by atoms with van der Waals surface area (Å²) in [5.41, 5.74) is 5.79. The molecule has 0 fully saturated rings. The first-order valence-corrected chi connectivity index (χ1v) is 7.70. The van der Waals surface area contributed by atoms with Crippen LogP contribution < -0.4 is 10.0 Å². The van der Waals surface area contributed by atoms with Gasteiger partial charge in [-0.1, -0.05) is 18.2 Å². The van der Waals surface area contributed by atoms with Crippen molar-refractivity contribution in [2.24, 2.45) is 5.73 Å². The van der Waals surface area contributed by atoms with Crippen molar-refractivity contribution in [3.8, 4) is 6.07 Å². The number of amides is 1. The van der Waals surface area contributed by atoms with Crippen LogP contribution in [0.25, 0.3) is 0 Å². The Balaban J connectivity index is 2.55. The van der Waals surface area contributed by atoms with Crippen LogP contribution in [0, 0.1) is 11.3 Å². The standard InChI is InChI=1S/C15H13N3O3S/c1-18(14-8-3-2-7-13(14)15(17)19)22(20,21)12-6-4-5-11(9-12)10-16/h2-9H,1H3,(H2,17,19). The topological polar surface area (TPSA) is 104 Å². The number of primary amides is 1. The van der Waals surface area contributed by atoms with Crippen LogP contribution in [-0.2, 0) is 10.0 Å². The number of carbonyl (C=O) groups is 1. The van der Waals surface area contributed by atoms with Crippen molar-refractivity contribution in [2.45, 2.75) is 4.90 Å². The van der Waals surface area contributed by atoms with E-state index in [9.17, 15) is 13.2 Å². The van der Waals surface area contributed by atoms with Crippen LogP contribution in [0.1, 0.15) is 15.9 Å². The summed E-state index contributed by atoms with van der Waals surface area (Å²) >= 11 is 0. The van der Waals surface area contributed by atoms with Crippen molar-refractivity contribution in [3.63, 3.8) is 0 Å². The number of nitrogens with two attached hydrogens (primary N) is 1. The van der Waals surface area contributed by atoms with Crippen molar-refractivity contribution in [3.05, 3.63) is 59.7 Å². The van der Waals surface area contributed by atoms with E-state index in [4.69, 9.17) is 11.0 Å². The van der Waals surface area contributed by atoms with Gasteiger partial charge in [0.1, 0.15) is 0 Å². The Morgan fingerprint density at radius 3 is 2.50 bits per heavy atom. The molecule has 0 unspecified atom stereocenters. The Hall–Kier alpha value is -2.85. The average molecular weight is 315 g/mol.